The first kappa shape index (κ1) is 16.7. The van der Waals surface area contributed by atoms with Gasteiger partial charge in [-0.2, -0.15) is 5.10 Å². The summed E-state index contributed by atoms with van der Waals surface area (Å²) in [6, 6.07) is 10.1. The molecule has 0 saturated heterocycles. The third-order valence-electron chi connectivity index (χ3n) is 3.66. The van der Waals surface area contributed by atoms with Gasteiger partial charge in [-0.25, -0.2) is 15.0 Å². The summed E-state index contributed by atoms with van der Waals surface area (Å²) >= 11 is 0. The van der Waals surface area contributed by atoms with Crippen molar-refractivity contribution in [1.82, 2.24) is 35.4 Å². The number of aryl methyl sites for hydroxylation is 1. The van der Waals surface area contributed by atoms with Crippen molar-refractivity contribution in [3.05, 3.63) is 54.5 Å². The molecule has 3 aromatic rings. The van der Waals surface area contributed by atoms with Crippen molar-refractivity contribution in [2.75, 3.05) is 6.54 Å². The predicted molar refractivity (Wildman–Crippen MR) is 96.7 cm³/mol. The molecule has 0 aliphatic rings. The fourth-order valence-electron chi connectivity index (χ4n) is 2.35. The number of aromatic amines is 1. The van der Waals surface area contributed by atoms with Gasteiger partial charge in [-0.15, -0.1) is 0 Å². The number of aromatic nitrogens is 5. The topological polar surface area (TPSA) is 95.8 Å². The second-order valence-corrected chi connectivity index (χ2v) is 5.46. The van der Waals surface area contributed by atoms with Crippen molar-refractivity contribution in [2.45, 2.75) is 20.0 Å². The van der Waals surface area contributed by atoms with Crippen molar-refractivity contribution in [1.29, 1.82) is 0 Å². The highest BCUT2D eigenvalue weighted by atomic mass is 15.3. The Labute approximate surface area is 146 Å². The smallest absolute Gasteiger partial charge is 0.192 e. The van der Waals surface area contributed by atoms with Crippen LogP contribution in [0.1, 0.15) is 18.6 Å². The van der Waals surface area contributed by atoms with E-state index in [-0.39, 0.29) is 0 Å². The Bertz CT molecular complexity index is 818. The van der Waals surface area contributed by atoms with Gasteiger partial charge < -0.3 is 15.6 Å². The molecule has 0 unspecified atom stereocenters. The lowest BCUT2D eigenvalue weighted by atomic mass is 10.2. The number of nitrogens with zero attached hydrogens (tertiary/aromatic N) is 5. The molecule has 0 radical (unpaired) electrons. The minimum Gasteiger partial charge on any atom is -0.357 e. The number of imidazole rings is 1. The number of nitrogens with one attached hydrogen (secondary N) is 3. The van der Waals surface area contributed by atoms with Crippen molar-refractivity contribution in [2.24, 2.45) is 12.0 Å². The van der Waals surface area contributed by atoms with Crippen molar-refractivity contribution >= 4 is 5.96 Å². The zero-order valence-corrected chi connectivity index (χ0v) is 14.4. The molecular formula is C17H22N8. The van der Waals surface area contributed by atoms with Gasteiger partial charge in [-0.3, -0.25) is 4.68 Å². The van der Waals surface area contributed by atoms with Crippen LogP contribution in [0.4, 0.5) is 0 Å². The highest BCUT2D eigenvalue weighted by molar-refractivity contribution is 5.79. The second kappa shape index (κ2) is 8.09. The van der Waals surface area contributed by atoms with Crippen molar-refractivity contribution in [3.8, 4) is 11.3 Å². The zero-order chi connectivity index (χ0) is 17.5. The molecule has 25 heavy (non-hydrogen) atoms. The van der Waals surface area contributed by atoms with E-state index >= 15 is 0 Å². The van der Waals surface area contributed by atoms with E-state index in [9.17, 15) is 0 Å². The Balaban J connectivity index is 1.63. The molecule has 130 valence electrons. The summed E-state index contributed by atoms with van der Waals surface area (Å²) in [6.45, 7) is 3.81. The molecule has 1 aromatic carbocycles. The molecule has 2 heterocycles. The van der Waals surface area contributed by atoms with Crippen molar-refractivity contribution < 1.29 is 0 Å². The first-order valence-electron chi connectivity index (χ1n) is 8.20. The van der Waals surface area contributed by atoms with Crippen LogP contribution in [-0.2, 0) is 20.1 Å². The van der Waals surface area contributed by atoms with Gasteiger partial charge in [0, 0.05) is 13.6 Å². The molecule has 8 heteroatoms. The lowest BCUT2D eigenvalue weighted by Crippen LogP contribution is -2.37. The lowest BCUT2D eigenvalue weighted by molar-refractivity contribution is 0.672. The fraction of sp³-hybridized carbons (Fsp3) is 0.294. The summed E-state index contributed by atoms with van der Waals surface area (Å²) < 4.78 is 1.73. The van der Waals surface area contributed by atoms with Crippen LogP contribution in [0.2, 0.25) is 0 Å². The van der Waals surface area contributed by atoms with Crippen LogP contribution >= 0.6 is 0 Å². The number of guanidine groups is 1. The maximum atomic E-state index is 4.56. The standard InChI is InChI=1S/C17H22N8/c1-3-18-17(21-11-16-22-12-23-25(16)2)20-10-15-19-9-14(24-15)13-7-5-4-6-8-13/h4-9,12H,3,10-11H2,1-2H3,(H,19,24)(H2,18,20,21). The van der Waals surface area contributed by atoms with E-state index in [1.165, 1.54) is 6.33 Å². The summed E-state index contributed by atoms with van der Waals surface area (Å²) in [7, 11) is 1.86. The molecule has 8 nitrogen and oxygen atoms in total. The normalized spacial score (nSPS) is 11.5. The van der Waals surface area contributed by atoms with Gasteiger partial charge in [0.15, 0.2) is 5.96 Å². The predicted octanol–water partition coefficient (Wildman–Crippen LogP) is 1.46. The molecule has 3 N–H and O–H groups in total. The molecule has 0 aliphatic carbocycles. The quantitative estimate of drug-likeness (QED) is 0.467. The summed E-state index contributed by atoms with van der Waals surface area (Å²) in [5.74, 6) is 2.37. The number of rotatable bonds is 6. The lowest BCUT2D eigenvalue weighted by Gasteiger charge is -2.10. The first-order valence-corrected chi connectivity index (χ1v) is 8.20. The Morgan fingerprint density at radius 1 is 1.20 bits per heavy atom. The van der Waals surface area contributed by atoms with E-state index in [1.807, 2.05) is 50.5 Å². The van der Waals surface area contributed by atoms with Crippen LogP contribution < -0.4 is 10.6 Å². The van der Waals surface area contributed by atoms with Crippen molar-refractivity contribution in [3.63, 3.8) is 0 Å². The third-order valence-corrected chi connectivity index (χ3v) is 3.66. The highest BCUT2D eigenvalue weighted by Gasteiger charge is 2.05. The van der Waals surface area contributed by atoms with Gasteiger partial charge in [-0.1, -0.05) is 30.3 Å². The average Bonchev–Trinajstić information content (AvgIpc) is 3.27. The monoisotopic (exact) mass is 338 g/mol. The van der Waals surface area contributed by atoms with Gasteiger partial charge in [0.2, 0.25) is 0 Å². The average molecular weight is 338 g/mol. The Morgan fingerprint density at radius 3 is 2.76 bits per heavy atom. The van der Waals surface area contributed by atoms with Gasteiger partial charge >= 0.3 is 0 Å². The van der Waals surface area contributed by atoms with Crippen LogP contribution in [0.3, 0.4) is 0 Å². The van der Waals surface area contributed by atoms with Crippen LogP contribution in [0.5, 0.6) is 0 Å². The van der Waals surface area contributed by atoms with E-state index in [2.05, 4.69) is 35.7 Å². The molecule has 0 atom stereocenters. The number of hydrogen-bond acceptors (Lipinski definition) is 4. The molecule has 3 rings (SSSR count). The van der Waals surface area contributed by atoms with E-state index in [1.54, 1.807) is 4.68 Å². The number of H-pyrrole nitrogens is 1. The van der Waals surface area contributed by atoms with Crippen LogP contribution in [-0.4, -0.2) is 37.2 Å². The summed E-state index contributed by atoms with van der Waals surface area (Å²) in [6.07, 6.45) is 3.37. The second-order valence-electron chi connectivity index (χ2n) is 5.46. The number of benzene rings is 1. The SMILES string of the molecule is CCNC(=NCc1ncc(-c2ccccc2)[nH]1)NCc1ncnn1C. The Morgan fingerprint density at radius 2 is 2.04 bits per heavy atom. The highest BCUT2D eigenvalue weighted by Crippen LogP contribution is 2.16. The van der Waals surface area contributed by atoms with Gasteiger partial charge in [0.25, 0.3) is 0 Å². The Kier molecular flexibility index (Phi) is 5.40. The van der Waals surface area contributed by atoms with E-state index in [0.29, 0.717) is 19.0 Å². The molecule has 0 aliphatic heterocycles. The van der Waals surface area contributed by atoms with Gasteiger partial charge in [0.1, 0.15) is 24.5 Å². The maximum absolute atomic E-state index is 4.56. The molecule has 0 amide bonds. The fourth-order valence-corrected chi connectivity index (χ4v) is 2.35. The molecular weight excluding hydrogens is 316 g/mol. The Hall–Kier alpha value is -3.16. The van der Waals surface area contributed by atoms with Crippen LogP contribution in [0.25, 0.3) is 11.3 Å². The first-order chi connectivity index (χ1) is 12.3. The minimum absolute atomic E-state index is 0.459. The summed E-state index contributed by atoms with van der Waals surface area (Å²) in [5, 5.41) is 10.5. The summed E-state index contributed by atoms with van der Waals surface area (Å²) in [4.78, 5) is 16.5. The van der Waals surface area contributed by atoms with E-state index in [0.717, 1.165) is 29.5 Å². The molecule has 0 saturated carbocycles. The largest absolute Gasteiger partial charge is 0.357 e. The van der Waals surface area contributed by atoms with Crippen LogP contribution in [0, 0.1) is 0 Å². The van der Waals surface area contributed by atoms with Crippen LogP contribution in [0.15, 0.2) is 47.8 Å². The van der Waals surface area contributed by atoms with Gasteiger partial charge in [-0.05, 0) is 12.5 Å². The van der Waals surface area contributed by atoms with E-state index in [4.69, 9.17) is 0 Å². The third kappa shape index (κ3) is 4.43. The maximum Gasteiger partial charge on any atom is 0.192 e. The number of hydrogen-bond donors (Lipinski definition) is 3. The molecule has 0 spiro atoms. The number of aliphatic imine (C=N–C) groups is 1. The van der Waals surface area contributed by atoms with Gasteiger partial charge in [0.05, 0.1) is 18.4 Å². The zero-order valence-electron chi connectivity index (χ0n) is 14.4. The molecule has 2 aromatic heterocycles. The molecule has 0 bridgehead atoms. The minimum atomic E-state index is 0.459. The molecule has 0 fully saturated rings. The van der Waals surface area contributed by atoms with E-state index < -0.39 is 0 Å². The summed E-state index contributed by atoms with van der Waals surface area (Å²) in [5.41, 5.74) is 2.10.